The average Bonchev–Trinajstić information content (AvgIpc) is 2.95. The van der Waals surface area contributed by atoms with Crippen molar-refractivity contribution in [2.45, 2.75) is 25.0 Å². The maximum absolute atomic E-state index is 13.6. The fraction of sp³-hybridized carbons (Fsp3) is 0.286. The minimum atomic E-state index is -0.823. The summed E-state index contributed by atoms with van der Waals surface area (Å²) in [4.78, 5) is 37.9. The Kier molecular flexibility index (Phi) is 6.64. The van der Waals surface area contributed by atoms with Crippen LogP contribution in [0.3, 0.4) is 0 Å². The van der Waals surface area contributed by atoms with Gasteiger partial charge in [0.2, 0.25) is 5.91 Å². The summed E-state index contributed by atoms with van der Waals surface area (Å²) in [7, 11) is 0. The molecule has 0 fully saturated rings. The quantitative estimate of drug-likeness (QED) is 0.518. The molecule has 0 saturated carbocycles. The molecule has 0 aromatic heterocycles. The number of rotatable bonds is 8. The summed E-state index contributed by atoms with van der Waals surface area (Å²) in [6, 6.07) is 10.1. The number of amides is 3. The van der Waals surface area contributed by atoms with Crippen LogP contribution >= 0.6 is 11.8 Å². The number of para-hydroxylation sites is 1. The van der Waals surface area contributed by atoms with Crippen molar-refractivity contribution in [1.29, 1.82) is 0 Å². The van der Waals surface area contributed by atoms with Crippen molar-refractivity contribution in [2.75, 3.05) is 17.6 Å². The van der Waals surface area contributed by atoms with E-state index >= 15 is 0 Å². The molecule has 2 aromatic rings. The van der Waals surface area contributed by atoms with Crippen molar-refractivity contribution in [3.63, 3.8) is 0 Å². The number of nitrogens with one attached hydrogen (secondary N) is 1. The van der Waals surface area contributed by atoms with E-state index in [0.29, 0.717) is 36.3 Å². The molecule has 0 aliphatic carbocycles. The summed E-state index contributed by atoms with van der Waals surface area (Å²) in [5.74, 6) is -2.08. The van der Waals surface area contributed by atoms with E-state index in [0.717, 1.165) is 12.1 Å². The van der Waals surface area contributed by atoms with E-state index in [1.807, 2.05) is 0 Å². The first kappa shape index (κ1) is 21.0. The van der Waals surface area contributed by atoms with Gasteiger partial charge in [0.1, 0.15) is 17.3 Å². The molecule has 1 aliphatic rings. The van der Waals surface area contributed by atoms with Crippen LogP contribution in [0.15, 0.2) is 42.5 Å². The molecule has 1 aliphatic heterocycles. The maximum Gasteiger partial charge on any atom is 0.261 e. The van der Waals surface area contributed by atoms with Crippen molar-refractivity contribution in [3.8, 4) is 0 Å². The van der Waals surface area contributed by atoms with E-state index in [1.165, 1.54) is 22.7 Å². The zero-order valence-corrected chi connectivity index (χ0v) is 16.6. The van der Waals surface area contributed by atoms with Gasteiger partial charge in [-0.25, -0.2) is 8.78 Å². The number of anilines is 1. The van der Waals surface area contributed by atoms with Crippen molar-refractivity contribution in [3.05, 3.63) is 65.2 Å². The molecule has 29 heavy (non-hydrogen) atoms. The highest BCUT2D eigenvalue weighted by molar-refractivity contribution is 8.00. The molecule has 0 saturated heterocycles. The lowest BCUT2D eigenvalue weighted by Crippen LogP contribution is -2.30. The Morgan fingerprint density at radius 1 is 1.00 bits per heavy atom. The van der Waals surface area contributed by atoms with E-state index in [9.17, 15) is 23.2 Å². The number of carbonyl (C=O) groups is 3. The van der Waals surface area contributed by atoms with E-state index in [1.54, 1.807) is 31.2 Å². The topological polar surface area (TPSA) is 66.5 Å². The number of nitrogens with zero attached hydrogens (tertiary/aromatic N) is 1. The van der Waals surface area contributed by atoms with Gasteiger partial charge in [0.15, 0.2) is 0 Å². The minimum Gasteiger partial charge on any atom is -0.320 e. The van der Waals surface area contributed by atoms with Gasteiger partial charge in [-0.15, -0.1) is 11.8 Å². The van der Waals surface area contributed by atoms with Crippen LogP contribution in [0, 0.1) is 11.6 Å². The predicted octanol–water partition coefficient (Wildman–Crippen LogP) is 4.10. The zero-order valence-electron chi connectivity index (χ0n) is 15.8. The summed E-state index contributed by atoms with van der Waals surface area (Å²) in [6.45, 7) is 1.97. The van der Waals surface area contributed by atoms with Gasteiger partial charge in [-0.3, -0.25) is 19.3 Å². The summed E-state index contributed by atoms with van der Waals surface area (Å²) in [5.41, 5.74) is 0.408. The number of halogens is 2. The highest BCUT2D eigenvalue weighted by atomic mass is 32.2. The number of thioether (sulfide) groups is 1. The molecule has 5 nitrogen and oxygen atoms in total. The van der Waals surface area contributed by atoms with Crippen molar-refractivity contribution in [1.82, 2.24) is 4.90 Å². The molecular formula is C21H20F2N2O3S. The number of hydrogen-bond acceptors (Lipinski definition) is 4. The molecule has 3 rings (SSSR count). The van der Waals surface area contributed by atoms with Gasteiger partial charge in [-0.05, 0) is 49.8 Å². The van der Waals surface area contributed by atoms with Crippen LogP contribution in [0.5, 0.6) is 0 Å². The standard InChI is InChI=1S/C21H20F2N2O3S/c1-13(19(26)24-18-16(22)9-6-10-17(18)23)29-12-5-4-11-25-20(27)14-7-2-3-8-15(14)21(25)28/h2-3,6-10,13H,4-5,11-12H2,1H3,(H,24,26). The van der Waals surface area contributed by atoms with Gasteiger partial charge >= 0.3 is 0 Å². The second-order valence-corrected chi connectivity index (χ2v) is 8.06. The van der Waals surface area contributed by atoms with Crippen molar-refractivity contribution in [2.24, 2.45) is 0 Å². The molecule has 3 amide bonds. The number of carbonyl (C=O) groups excluding carboxylic acids is 3. The van der Waals surface area contributed by atoms with Crippen LogP contribution in [-0.2, 0) is 4.79 Å². The number of hydrogen-bond donors (Lipinski definition) is 1. The van der Waals surface area contributed by atoms with E-state index in [2.05, 4.69) is 5.32 Å². The van der Waals surface area contributed by atoms with Crippen molar-refractivity contribution >= 4 is 35.2 Å². The van der Waals surface area contributed by atoms with Crippen LogP contribution in [0.1, 0.15) is 40.5 Å². The number of unbranched alkanes of at least 4 members (excludes halogenated alkanes) is 1. The van der Waals surface area contributed by atoms with E-state index in [-0.39, 0.29) is 11.8 Å². The smallest absolute Gasteiger partial charge is 0.261 e. The van der Waals surface area contributed by atoms with Gasteiger partial charge in [-0.2, -0.15) is 0 Å². The Morgan fingerprint density at radius 2 is 1.59 bits per heavy atom. The minimum absolute atomic E-state index is 0.280. The normalized spacial score (nSPS) is 14.1. The predicted molar refractivity (Wildman–Crippen MR) is 108 cm³/mol. The first-order valence-corrected chi connectivity index (χ1v) is 10.3. The van der Waals surface area contributed by atoms with Crippen LogP contribution in [-0.4, -0.2) is 40.2 Å². The van der Waals surface area contributed by atoms with Gasteiger partial charge in [0.05, 0.1) is 16.4 Å². The van der Waals surface area contributed by atoms with Gasteiger partial charge in [0.25, 0.3) is 11.8 Å². The number of fused-ring (bicyclic) bond motifs is 1. The van der Waals surface area contributed by atoms with Crippen LogP contribution in [0.2, 0.25) is 0 Å². The SMILES string of the molecule is CC(SCCCCN1C(=O)c2ccccc2C1=O)C(=O)Nc1c(F)cccc1F. The van der Waals surface area contributed by atoms with E-state index < -0.39 is 28.5 Å². The van der Waals surface area contributed by atoms with Crippen LogP contribution in [0.4, 0.5) is 14.5 Å². The molecule has 1 atom stereocenters. The number of imide groups is 1. The molecule has 0 bridgehead atoms. The maximum atomic E-state index is 13.6. The monoisotopic (exact) mass is 418 g/mol. The summed E-state index contributed by atoms with van der Waals surface area (Å²) in [6.07, 6.45) is 1.29. The number of benzene rings is 2. The third-order valence-corrected chi connectivity index (χ3v) is 5.84. The first-order chi connectivity index (χ1) is 13.9. The second-order valence-electron chi connectivity index (χ2n) is 6.61. The molecule has 8 heteroatoms. The van der Waals surface area contributed by atoms with Crippen molar-refractivity contribution < 1.29 is 23.2 Å². The summed E-state index contributed by atoms with van der Waals surface area (Å²) in [5, 5.41) is 1.77. The lowest BCUT2D eigenvalue weighted by Gasteiger charge is -2.15. The molecule has 152 valence electrons. The molecule has 2 aromatic carbocycles. The highest BCUT2D eigenvalue weighted by Gasteiger charge is 2.34. The Hall–Kier alpha value is -2.74. The Balaban J connectivity index is 1.41. The van der Waals surface area contributed by atoms with Crippen LogP contribution in [0.25, 0.3) is 0 Å². The fourth-order valence-electron chi connectivity index (χ4n) is 2.99. The Morgan fingerprint density at radius 3 is 2.17 bits per heavy atom. The van der Waals surface area contributed by atoms with E-state index in [4.69, 9.17) is 0 Å². The zero-order chi connectivity index (χ0) is 21.0. The molecule has 0 radical (unpaired) electrons. The molecule has 0 spiro atoms. The second kappa shape index (κ2) is 9.17. The van der Waals surface area contributed by atoms with Crippen LogP contribution < -0.4 is 5.32 Å². The highest BCUT2D eigenvalue weighted by Crippen LogP contribution is 2.24. The summed E-state index contributed by atoms with van der Waals surface area (Å²) >= 11 is 1.34. The molecule has 1 unspecified atom stereocenters. The Bertz CT molecular complexity index is 896. The van der Waals surface area contributed by atoms with Gasteiger partial charge in [0, 0.05) is 6.54 Å². The lowest BCUT2D eigenvalue weighted by molar-refractivity contribution is -0.115. The average molecular weight is 418 g/mol. The Labute approximate surface area is 171 Å². The van der Waals surface area contributed by atoms with Gasteiger partial charge < -0.3 is 5.32 Å². The molecule has 1 N–H and O–H groups in total. The van der Waals surface area contributed by atoms with Gasteiger partial charge in [-0.1, -0.05) is 18.2 Å². The summed E-state index contributed by atoms with van der Waals surface area (Å²) < 4.78 is 27.2. The molecular weight excluding hydrogens is 398 g/mol. The largest absolute Gasteiger partial charge is 0.320 e. The third-order valence-electron chi connectivity index (χ3n) is 4.60. The fourth-order valence-corrected chi connectivity index (χ4v) is 3.93. The first-order valence-electron chi connectivity index (χ1n) is 9.22. The third kappa shape index (κ3) is 4.64. The lowest BCUT2D eigenvalue weighted by atomic mass is 10.1. The molecule has 1 heterocycles.